The summed E-state index contributed by atoms with van der Waals surface area (Å²) in [6, 6.07) is 2.99. The molecule has 0 fully saturated rings. The van der Waals surface area contributed by atoms with E-state index in [2.05, 4.69) is 0 Å². The summed E-state index contributed by atoms with van der Waals surface area (Å²) in [5, 5.41) is 19.2. The van der Waals surface area contributed by atoms with Crippen LogP contribution < -0.4 is 4.74 Å². The number of halogens is 1. The molecule has 0 aliphatic rings. The van der Waals surface area contributed by atoms with Crippen molar-refractivity contribution in [3.05, 3.63) is 22.7 Å². The second-order valence-electron chi connectivity index (χ2n) is 2.72. The summed E-state index contributed by atoms with van der Waals surface area (Å²) in [5.74, 6) is 0.199. The first-order valence-corrected chi connectivity index (χ1v) is 4.18. The van der Waals surface area contributed by atoms with Gasteiger partial charge in [-0.3, -0.25) is 0 Å². The Kier molecular flexibility index (Phi) is 3.01. The van der Waals surface area contributed by atoms with Crippen LogP contribution in [0.5, 0.6) is 11.5 Å². The minimum absolute atomic E-state index is 0.0677. The highest BCUT2D eigenvalue weighted by molar-refractivity contribution is 6.30. The van der Waals surface area contributed by atoms with Crippen LogP contribution in [-0.4, -0.2) is 17.3 Å². The number of benzene rings is 1. The van der Waals surface area contributed by atoms with E-state index in [0.717, 1.165) is 0 Å². The van der Waals surface area contributed by atoms with Crippen LogP contribution in [0.3, 0.4) is 0 Å². The van der Waals surface area contributed by atoms with Crippen LogP contribution in [0.1, 0.15) is 18.6 Å². The summed E-state index contributed by atoms with van der Waals surface area (Å²) in [5.41, 5.74) is 0.365. The number of hydrogen-bond acceptors (Lipinski definition) is 3. The summed E-state index contributed by atoms with van der Waals surface area (Å²) in [7, 11) is 1.43. The molecular formula is C9H11ClO3. The maximum Gasteiger partial charge on any atom is 0.163 e. The van der Waals surface area contributed by atoms with Crippen LogP contribution in [0.15, 0.2) is 12.1 Å². The normalized spacial score (nSPS) is 12.6. The van der Waals surface area contributed by atoms with Gasteiger partial charge in [0, 0.05) is 16.7 Å². The summed E-state index contributed by atoms with van der Waals surface area (Å²) in [4.78, 5) is 0. The van der Waals surface area contributed by atoms with Crippen molar-refractivity contribution < 1.29 is 14.9 Å². The molecule has 0 amide bonds. The molecule has 1 rings (SSSR count). The third-order valence-corrected chi connectivity index (χ3v) is 1.96. The fourth-order valence-corrected chi connectivity index (χ4v) is 1.29. The van der Waals surface area contributed by atoms with Gasteiger partial charge in [-0.25, -0.2) is 0 Å². The predicted octanol–water partition coefficient (Wildman–Crippen LogP) is 2.11. The third-order valence-electron chi connectivity index (χ3n) is 1.74. The molecule has 3 nitrogen and oxygen atoms in total. The van der Waals surface area contributed by atoms with Crippen molar-refractivity contribution in [1.29, 1.82) is 0 Å². The van der Waals surface area contributed by atoms with Crippen LogP contribution >= 0.6 is 11.6 Å². The number of phenolic OH excluding ortho intramolecular Hbond substituents is 1. The molecule has 0 aliphatic carbocycles. The number of phenols is 1. The van der Waals surface area contributed by atoms with Crippen molar-refractivity contribution in [2.45, 2.75) is 13.0 Å². The predicted molar refractivity (Wildman–Crippen MR) is 50.3 cm³/mol. The van der Waals surface area contributed by atoms with E-state index in [1.165, 1.54) is 19.2 Å². The molecule has 0 spiro atoms. The van der Waals surface area contributed by atoms with Crippen molar-refractivity contribution >= 4 is 11.6 Å². The molecule has 0 saturated carbocycles. The first-order chi connectivity index (χ1) is 6.06. The van der Waals surface area contributed by atoms with Crippen molar-refractivity contribution in [1.82, 2.24) is 0 Å². The van der Waals surface area contributed by atoms with Gasteiger partial charge in [0.15, 0.2) is 11.5 Å². The van der Waals surface area contributed by atoms with Crippen LogP contribution in [-0.2, 0) is 0 Å². The van der Waals surface area contributed by atoms with E-state index in [9.17, 15) is 10.2 Å². The number of ether oxygens (including phenoxy) is 1. The Bertz CT molecular complexity index is 310. The highest BCUT2D eigenvalue weighted by Crippen LogP contribution is 2.36. The molecule has 0 bridgehead atoms. The smallest absolute Gasteiger partial charge is 0.163 e. The molecule has 72 valence electrons. The van der Waals surface area contributed by atoms with Gasteiger partial charge in [-0.05, 0) is 13.0 Å². The lowest BCUT2D eigenvalue weighted by atomic mass is 10.1. The molecule has 4 heteroatoms. The van der Waals surface area contributed by atoms with Gasteiger partial charge in [-0.15, -0.1) is 0 Å². The number of aromatic hydroxyl groups is 1. The average molecular weight is 203 g/mol. The van der Waals surface area contributed by atoms with Crippen molar-refractivity contribution in [2.75, 3.05) is 7.11 Å². The molecule has 1 aromatic rings. The largest absolute Gasteiger partial charge is 0.504 e. The van der Waals surface area contributed by atoms with Gasteiger partial charge < -0.3 is 14.9 Å². The van der Waals surface area contributed by atoms with E-state index in [-0.39, 0.29) is 11.5 Å². The Hall–Kier alpha value is -0.930. The lowest BCUT2D eigenvalue weighted by molar-refractivity contribution is 0.193. The van der Waals surface area contributed by atoms with Gasteiger partial charge in [0.1, 0.15) is 0 Å². The van der Waals surface area contributed by atoms with Crippen LogP contribution in [0.4, 0.5) is 0 Å². The van der Waals surface area contributed by atoms with E-state index in [1.807, 2.05) is 0 Å². The fourth-order valence-electron chi connectivity index (χ4n) is 1.07. The standard InChI is InChI=1S/C9H11ClO3/c1-5(11)7-3-6(10)4-8(13-2)9(7)12/h3-5,11-12H,1-2H3/t5-/m1/s1. The SMILES string of the molecule is COc1cc(Cl)cc([C@@H](C)O)c1O. The van der Waals surface area contributed by atoms with Crippen molar-refractivity contribution in [3.8, 4) is 11.5 Å². The van der Waals surface area contributed by atoms with E-state index in [4.69, 9.17) is 16.3 Å². The molecule has 13 heavy (non-hydrogen) atoms. The zero-order valence-corrected chi connectivity index (χ0v) is 8.17. The van der Waals surface area contributed by atoms with Crippen molar-refractivity contribution in [2.24, 2.45) is 0 Å². The highest BCUT2D eigenvalue weighted by Gasteiger charge is 2.13. The van der Waals surface area contributed by atoms with Crippen LogP contribution in [0, 0.1) is 0 Å². The quantitative estimate of drug-likeness (QED) is 0.772. The monoisotopic (exact) mass is 202 g/mol. The Balaban J connectivity index is 3.27. The number of aliphatic hydroxyl groups excluding tert-OH is 1. The van der Waals surface area contributed by atoms with Gasteiger partial charge in [0.2, 0.25) is 0 Å². The average Bonchev–Trinajstić information content (AvgIpc) is 2.08. The van der Waals surface area contributed by atoms with E-state index in [0.29, 0.717) is 10.6 Å². The first kappa shape index (κ1) is 10.2. The Morgan fingerprint density at radius 2 is 2.08 bits per heavy atom. The van der Waals surface area contributed by atoms with Gasteiger partial charge >= 0.3 is 0 Å². The zero-order chi connectivity index (χ0) is 10.0. The van der Waals surface area contributed by atoms with Gasteiger partial charge in [0.25, 0.3) is 0 Å². The minimum atomic E-state index is -0.771. The van der Waals surface area contributed by atoms with Crippen LogP contribution in [0.2, 0.25) is 5.02 Å². The lowest BCUT2D eigenvalue weighted by Gasteiger charge is -2.11. The second-order valence-corrected chi connectivity index (χ2v) is 3.16. The highest BCUT2D eigenvalue weighted by atomic mass is 35.5. The van der Waals surface area contributed by atoms with Gasteiger partial charge in [-0.2, -0.15) is 0 Å². The Morgan fingerprint density at radius 3 is 2.54 bits per heavy atom. The number of rotatable bonds is 2. The molecule has 0 aliphatic heterocycles. The second kappa shape index (κ2) is 3.85. The maximum absolute atomic E-state index is 9.54. The molecule has 2 N–H and O–H groups in total. The lowest BCUT2D eigenvalue weighted by Crippen LogP contribution is -1.94. The zero-order valence-electron chi connectivity index (χ0n) is 7.41. The van der Waals surface area contributed by atoms with E-state index in [1.54, 1.807) is 6.92 Å². The summed E-state index contributed by atoms with van der Waals surface area (Å²) >= 11 is 5.74. The third kappa shape index (κ3) is 2.05. The van der Waals surface area contributed by atoms with Gasteiger partial charge in [0.05, 0.1) is 13.2 Å². The molecule has 1 atom stereocenters. The minimum Gasteiger partial charge on any atom is -0.504 e. The molecule has 0 aromatic heterocycles. The van der Waals surface area contributed by atoms with Crippen LogP contribution in [0.25, 0.3) is 0 Å². The summed E-state index contributed by atoms with van der Waals surface area (Å²) in [6.07, 6.45) is -0.771. The Morgan fingerprint density at radius 1 is 1.46 bits per heavy atom. The van der Waals surface area contributed by atoms with Crippen molar-refractivity contribution in [3.63, 3.8) is 0 Å². The molecule has 0 saturated heterocycles. The molecule has 1 aromatic carbocycles. The van der Waals surface area contributed by atoms with E-state index < -0.39 is 6.10 Å². The number of methoxy groups -OCH3 is 1. The Labute approximate surface area is 81.5 Å². The maximum atomic E-state index is 9.54. The van der Waals surface area contributed by atoms with Gasteiger partial charge in [-0.1, -0.05) is 11.6 Å². The number of hydrogen-bond donors (Lipinski definition) is 2. The molecule has 0 radical (unpaired) electrons. The molecule has 0 heterocycles. The first-order valence-electron chi connectivity index (χ1n) is 3.80. The molecular weight excluding hydrogens is 192 g/mol. The number of aliphatic hydroxyl groups is 1. The van der Waals surface area contributed by atoms with E-state index >= 15 is 0 Å². The summed E-state index contributed by atoms with van der Waals surface area (Å²) in [6.45, 7) is 1.55. The topological polar surface area (TPSA) is 49.7 Å². The summed E-state index contributed by atoms with van der Waals surface area (Å²) < 4.78 is 4.87. The fraction of sp³-hybridized carbons (Fsp3) is 0.333. The molecule has 0 unspecified atom stereocenters.